The Balaban J connectivity index is 1.91. The highest BCUT2D eigenvalue weighted by molar-refractivity contribution is 7.99. The number of nitro benzene ring substituents is 1. The maximum Gasteiger partial charge on any atom is 0.294 e. The highest BCUT2D eigenvalue weighted by Gasteiger charge is 2.16. The van der Waals surface area contributed by atoms with Gasteiger partial charge in [-0.1, -0.05) is 23.7 Å². The normalized spacial score (nSPS) is 10.2. The van der Waals surface area contributed by atoms with E-state index in [0.29, 0.717) is 5.75 Å². The van der Waals surface area contributed by atoms with E-state index in [4.69, 9.17) is 16.3 Å². The first-order valence-electron chi connectivity index (χ1n) is 6.94. The molecule has 0 aliphatic heterocycles. The van der Waals surface area contributed by atoms with Gasteiger partial charge in [-0.2, -0.15) is 0 Å². The molecule has 0 aliphatic rings. The van der Waals surface area contributed by atoms with Crippen molar-refractivity contribution >= 4 is 40.6 Å². The first kappa shape index (κ1) is 18.1. The van der Waals surface area contributed by atoms with E-state index in [1.165, 1.54) is 30.0 Å². The first-order chi connectivity index (χ1) is 11.5. The standard InChI is InChI=1S/C16H15ClN2O4S/c1-23-13-4-2-3-11(7-13)9-24-10-16(20)18-14-6-5-12(17)8-15(14)19(21)22/h2-8H,9-10H2,1H3,(H,18,20). The molecule has 0 radical (unpaired) electrons. The molecule has 1 amide bonds. The second kappa shape index (κ2) is 8.56. The molecule has 0 aromatic heterocycles. The van der Waals surface area contributed by atoms with Crippen LogP contribution in [0, 0.1) is 10.1 Å². The van der Waals surface area contributed by atoms with Crippen LogP contribution in [0.25, 0.3) is 0 Å². The lowest BCUT2D eigenvalue weighted by Gasteiger charge is -2.07. The Hall–Kier alpha value is -2.25. The van der Waals surface area contributed by atoms with E-state index >= 15 is 0 Å². The van der Waals surface area contributed by atoms with Crippen LogP contribution in [0.4, 0.5) is 11.4 Å². The summed E-state index contributed by atoms with van der Waals surface area (Å²) >= 11 is 7.15. The van der Waals surface area contributed by atoms with Crippen molar-refractivity contribution in [2.24, 2.45) is 0 Å². The average Bonchev–Trinajstić information content (AvgIpc) is 2.56. The predicted molar refractivity (Wildman–Crippen MR) is 95.9 cm³/mol. The number of nitrogens with zero attached hydrogens (tertiary/aromatic N) is 1. The number of nitro groups is 1. The summed E-state index contributed by atoms with van der Waals surface area (Å²) in [4.78, 5) is 22.4. The van der Waals surface area contributed by atoms with Crippen LogP contribution < -0.4 is 10.1 Å². The fourth-order valence-electron chi connectivity index (χ4n) is 1.97. The van der Waals surface area contributed by atoms with Crippen LogP contribution in [0.1, 0.15) is 5.56 Å². The zero-order valence-corrected chi connectivity index (χ0v) is 14.4. The summed E-state index contributed by atoms with van der Waals surface area (Å²) in [6, 6.07) is 11.7. The number of carbonyl (C=O) groups is 1. The van der Waals surface area contributed by atoms with Gasteiger partial charge in [0.2, 0.25) is 5.91 Å². The number of hydrogen-bond donors (Lipinski definition) is 1. The molecule has 126 valence electrons. The third-order valence-electron chi connectivity index (χ3n) is 3.07. The van der Waals surface area contributed by atoms with Crippen LogP contribution in [-0.2, 0) is 10.5 Å². The molecule has 8 heteroatoms. The third-order valence-corrected chi connectivity index (χ3v) is 4.31. The summed E-state index contributed by atoms with van der Waals surface area (Å²) < 4.78 is 5.14. The second-order valence-electron chi connectivity index (χ2n) is 4.81. The maximum atomic E-state index is 12.0. The van der Waals surface area contributed by atoms with E-state index in [1.54, 1.807) is 7.11 Å². The van der Waals surface area contributed by atoms with E-state index in [0.717, 1.165) is 11.3 Å². The third kappa shape index (κ3) is 5.14. The molecule has 6 nitrogen and oxygen atoms in total. The number of rotatable bonds is 7. The molecule has 0 spiro atoms. The van der Waals surface area contributed by atoms with E-state index in [1.807, 2.05) is 24.3 Å². The Morgan fingerprint density at radius 2 is 2.12 bits per heavy atom. The monoisotopic (exact) mass is 366 g/mol. The Bertz CT molecular complexity index is 755. The zero-order chi connectivity index (χ0) is 17.5. The zero-order valence-electron chi connectivity index (χ0n) is 12.8. The molecule has 0 aliphatic carbocycles. The second-order valence-corrected chi connectivity index (χ2v) is 6.23. The minimum absolute atomic E-state index is 0.136. The van der Waals surface area contributed by atoms with Gasteiger partial charge in [0.1, 0.15) is 11.4 Å². The Kier molecular flexibility index (Phi) is 6.45. The molecule has 1 N–H and O–H groups in total. The molecule has 0 bridgehead atoms. The Morgan fingerprint density at radius 3 is 2.83 bits per heavy atom. The molecule has 0 unspecified atom stereocenters. The van der Waals surface area contributed by atoms with Crippen molar-refractivity contribution in [2.45, 2.75) is 5.75 Å². The van der Waals surface area contributed by atoms with E-state index in [9.17, 15) is 14.9 Å². The van der Waals surface area contributed by atoms with E-state index < -0.39 is 4.92 Å². The molecule has 0 heterocycles. The summed E-state index contributed by atoms with van der Waals surface area (Å²) in [6.45, 7) is 0. The molecule has 0 saturated carbocycles. The van der Waals surface area contributed by atoms with Gasteiger partial charge in [-0.15, -0.1) is 11.8 Å². The smallest absolute Gasteiger partial charge is 0.294 e. The van der Waals surface area contributed by atoms with Crippen LogP contribution >= 0.6 is 23.4 Å². The summed E-state index contributed by atoms with van der Waals surface area (Å²) in [5.74, 6) is 1.26. The average molecular weight is 367 g/mol. The lowest BCUT2D eigenvalue weighted by Crippen LogP contribution is -2.15. The van der Waals surface area contributed by atoms with Crippen LogP contribution in [0.3, 0.4) is 0 Å². The quantitative estimate of drug-likeness (QED) is 0.588. The molecule has 0 atom stereocenters. The predicted octanol–water partition coefficient (Wildman–Crippen LogP) is 4.13. The number of benzene rings is 2. The van der Waals surface area contributed by atoms with Crippen molar-refractivity contribution in [3.63, 3.8) is 0 Å². The number of anilines is 1. The molecule has 0 fully saturated rings. The molecule has 2 aromatic carbocycles. The maximum absolute atomic E-state index is 12.0. The van der Waals surface area contributed by atoms with Gasteiger partial charge in [0.25, 0.3) is 5.69 Å². The van der Waals surface area contributed by atoms with Gasteiger partial charge in [-0.25, -0.2) is 0 Å². The summed E-state index contributed by atoms with van der Waals surface area (Å²) in [6.07, 6.45) is 0. The number of nitrogens with one attached hydrogen (secondary N) is 1. The SMILES string of the molecule is COc1cccc(CSCC(=O)Nc2ccc(Cl)cc2[N+](=O)[O-])c1. The number of amides is 1. The first-order valence-corrected chi connectivity index (χ1v) is 8.47. The number of methoxy groups -OCH3 is 1. The van der Waals surface area contributed by atoms with Gasteiger partial charge in [0, 0.05) is 16.8 Å². The number of carbonyl (C=O) groups excluding carboxylic acids is 1. The Labute approximate surface area is 148 Å². The minimum Gasteiger partial charge on any atom is -0.497 e. The van der Waals surface area contributed by atoms with Gasteiger partial charge in [-0.3, -0.25) is 14.9 Å². The number of hydrogen-bond acceptors (Lipinski definition) is 5. The van der Waals surface area contributed by atoms with Crippen LogP contribution in [0.15, 0.2) is 42.5 Å². The largest absolute Gasteiger partial charge is 0.497 e. The summed E-state index contributed by atoms with van der Waals surface area (Å²) in [7, 11) is 1.60. The highest BCUT2D eigenvalue weighted by Crippen LogP contribution is 2.28. The minimum atomic E-state index is -0.578. The fourth-order valence-corrected chi connectivity index (χ4v) is 2.91. The van der Waals surface area contributed by atoms with Crippen molar-refractivity contribution in [3.05, 3.63) is 63.2 Å². The summed E-state index contributed by atoms with van der Waals surface area (Å²) in [5.41, 5.74) is 0.939. The molecular formula is C16H15ClN2O4S. The van der Waals surface area contributed by atoms with Crippen LogP contribution in [-0.4, -0.2) is 23.7 Å². The van der Waals surface area contributed by atoms with Gasteiger partial charge in [-0.05, 0) is 29.8 Å². The van der Waals surface area contributed by atoms with Gasteiger partial charge in [0.15, 0.2) is 0 Å². The van der Waals surface area contributed by atoms with E-state index in [-0.39, 0.29) is 28.1 Å². The highest BCUT2D eigenvalue weighted by atomic mass is 35.5. The van der Waals surface area contributed by atoms with Crippen LogP contribution in [0.5, 0.6) is 5.75 Å². The molecule has 24 heavy (non-hydrogen) atoms. The Morgan fingerprint density at radius 1 is 1.33 bits per heavy atom. The van der Waals surface area contributed by atoms with Gasteiger partial charge >= 0.3 is 0 Å². The lowest BCUT2D eigenvalue weighted by atomic mass is 10.2. The number of halogens is 1. The van der Waals surface area contributed by atoms with Crippen molar-refractivity contribution in [3.8, 4) is 5.75 Å². The van der Waals surface area contributed by atoms with Crippen molar-refractivity contribution in [2.75, 3.05) is 18.2 Å². The molecule has 2 rings (SSSR count). The molecule has 0 saturated heterocycles. The topological polar surface area (TPSA) is 81.5 Å². The summed E-state index contributed by atoms with van der Waals surface area (Å²) in [5, 5.41) is 13.8. The number of ether oxygens (including phenoxy) is 1. The van der Waals surface area contributed by atoms with Crippen LogP contribution in [0.2, 0.25) is 5.02 Å². The molecule has 2 aromatic rings. The lowest BCUT2D eigenvalue weighted by molar-refractivity contribution is -0.383. The van der Waals surface area contributed by atoms with Crippen molar-refractivity contribution in [1.82, 2.24) is 0 Å². The van der Waals surface area contributed by atoms with Gasteiger partial charge in [0.05, 0.1) is 17.8 Å². The number of thioether (sulfide) groups is 1. The molecular weight excluding hydrogens is 352 g/mol. The van der Waals surface area contributed by atoms with Crippen molar-refractivity contribution in [1.29, 1.82) is 0 Å². The van der Waals surface area contributed by atoms with E-state index in [2.05, 4.69) is 5.32 Å². The van der Waals surface area contributed by atoms with Gasteiger partial charge < -0.3 is 10.1 Å². The fraction of sp³-hybridized carbons (Fsp3) is 0.188. The van der Waals surface area contributed by atoms with Crippen molar-refractivity contribution < 1.29 is 14.5 Å².